The number of aromatic amines is 1. The molecule has 3 aromatic rings. The second-order valence-electron chi connectivity index (χ2n) is 5.02. The number of nitrogens with one attached hydrogen (secondary N) is 2. The van der Waals surface area contributed by atoms with Crippen molar-refractivity contribution in [2.24, 2.45) is 0 Å². The number of methoxy groups -OCH3 is 1. The maximum Gasteiger partial charge on any atom is 0.359 e. The number of rotatable bonds is 3. The minimum absolute atomic E-state index is 0.0551. The van der Waals surface area contributed by atoms with Crippen molar-refractivity contribution in [3.8, 4) is 0 Å². The van der Waals surface area contributed by atoms with Gasteiger partial charge in [0.15, 0.2) is 17.3 Å². The van der Waals surface area contributed by atoms with Gasteiger partial charge in [-0.2, -0.15) is 5.10 Å². The number of anilines is 1. The number of hydrogen-bond donors (Lipinski definition) is 2. The molecule has 0 fully saturated rings. The van der Waals surface area contributed by atoms with Crippen LogP contribution >= 0.6 is 11.6 Å². The summed E-state index contributed by atoms with van der Waals surface area (Å²) in [4.78, 5) is 23.9. The van der Waals surface area contributed by atoms with Crippen molar-refractivity contribution in [2.45, 2.75) is 0 Å². The molecule has 0 aliphatic heterocycles. The molecule has 1 aromatic heterocycles. The van der Waals surface area contributed by atoms with Crippen molar-refractivity contribution in [1.29, 1.82) is 0 Å². The molecule has 0 saturated heterocycles. The van der Waals surface area contributed by atoms with E-state index in [0.29, 0.717) is 22.7 Å². The molecule has 0 spiro atoms. The molecule has 0 saturated carbocycles. The molecule has 0 unspecified atom stereocenters. The smallest absolute Gasteiger partial charge is 0.359 e. The summed E-state index contributed by atoms with van der Waals surface area (Å²) >= 11 is 5.78. The van der Waals surface area contributed by atoms with Crippen LogP contribution in [0.2, 0.25) is 5.02 Å². The molecule has 3 rings (SSSR count). The fourth-order valence-electron chi connectivity index (χ4n) is 2.24. The van der Waals surface area contributed by atoms with Crippen LogP contribution in [0, 0.1) is 11.6 Å². The third-order valence-electron chi connectivity index (χ3n) is 3.45. The second kappa shape index (κ2) is 6.48. The molecular formula is C16H10ClF2N3O3. The number of ether oxygens (including phenoxy) is 1. The van der Waals surface area contributed by atoms with E-state index in [1.807, 2.05) is 0 Å². The Morgan fingerprint density at radius 1 is 1.20 bits per heavy atom. The van der Waals surface area contributed by atoms with E-state index in [2.05, 4.69) is 20.3 Å². The number of fused-ring (bicyclic) bond motifs is 1. The van der Waals surface area contributed by atoms with E-state index in [9.17, 15) is 18.4 Å². The Bertz CT molecular complexity index is 1000. The van der Waals surface area contributed by atoms with Crippen molar-refractivity contribution in [2.75, 3.05) is 12.4 Å². The SMILES string of the molecule is COC(=O)c1n[nH]c2ccc(NC(=O)c3cc(F)c(F)cc3Cl)cc12. The number of hydrogen-bond acceptors (Lipinski definition) is 4. The van der Waals surface area contributed by atoms with Crippen molar-refractivity contribution in [3.05, 3.63) is 58.2 Å². The van der Waals surface area contributed by atoms with Gasteiger partial charge in [0.25, 0.3) is 5.91 Å². The zero-order valence-electron chi connectivity index (χ0n) is 12.7. The highest BCUT2D eigenvalue weighted by molar-refractivity contribution is 6.34. The van der Waals surface area contributed by atoms with Crippen LogP contribution in [0.1, 0.15) is 20.8 Å². The third-order valence-corrected chi connectivity index (χ3v) is 3.77. The van der Waals surface area contributed by atoms with Gasteiger partial charge in [0.2, 0.25) is 0 Å². The lowest BCUT2D eigenvalue weighted by atomic mass is 10.1. The van der Waals surface area contributed by atoms with Crippen LogP contribution in [0.15, 0.2) is 30.3 Å². The average molecular weight is 366 g/mol. The Labute approximate surface area is 144 Å². The molecule has 6 nitrogen and oxygen atoms in total. The van der Waals surface area contributed by atoms with Gasteiger partial charge in [-0.05, 0) is 30.3 Å². The zero-order valence-corrected chi connectivity index (χ0v) is 13.4. The van der Waals surface area contributed by atoms with Gasteiger partial charge in [0.1, 0.15) is 0 Å². The summed E-state index contributed by atoms with van der Waals surface area (Å²) in [7, 11) is 1.22. The second-order valence-corrected chi connectivity index (χ2v) is 5.43. The van der Waals surface area contributed by atoms with Crippen molar-refractivity contribution in [3.63, 3.8) is 0 Å². The predicted molar refractivity (Wildman–Crippen MR) is 86.8 cm³/mol. The van der Waals surface area contributed by atoms with Crippen molar-refractivity contribution < 1.29 is 23.1 Å². The van der Waals surface area contributed by atoms with E-state index in [1.54, 1.807) is 12.1 Å². The van der Waals surface area contributed by atoms with Crippen LogP contribution in [0.3, 0.4) is 0 Å². The molecule has 128 valence electrons. The molecule has 1 heterocycles. The molecule has 0 bridgehead atoms. The number of esters is 1. The summed E-state index contributed by atoms with van der Waals surface area (Å²) in [5, 5.41) is 9.23. The number of benzene rings is 2. The van der Waals surface area contributed by atoms with Gasteiger partial charge >= 0.3 is 5.97 Å². The highest BCUT2D eigenvalue weighted by Crippen LogP contribution is 2.24. The van der Waals surface area contributed by atoms with E-state index in [1.165, 1.54) is 13.2 Å². The predicted octanol–water partition coefficient (Wildman–Crippen LogP) is 3.53. The molecule has 1 amide bonds. The lowest BCUT2D eigenvalue weighted by Gasteiger charge is -2.08. The Kier molecular flexibility index (Phi) is 4.37. The van der Waals surface area contributed by atoms with Crippen LogP contribution in [0.25, 0.3) is 10.9 Å². The van der Waals surface area contributed by atoms with E-state index >= 15 is 0 Å². The molecule has 0 atom stereocenters. The Hall–Kier alpha value is -3.00. The van der Waals surface area contributed by atoms with E-state index < -0.39 is 23.5 Å². The maximum absolute atomic E-state index is 13.3. The van der Waals surface area contributed by atoms with Gasteiger partial charge in [-0.3, -0.25) is 9.89 Å². The van der Waals surface area contributed by atoms with Crippen LogP contribution in [-0.2, 0) is 4.74 Å². The zero-order chi connectivity index (χ0) is 18.1. The van der Waals surface area contributed by atoms with Gasteiger partial charge in [-0.1, -0.05) is 11.6 Å². The van der Waals surface area contributed by atoms with Gasteiger partial charge in [0.05, 0.1) is 23.2 Å². The number of amides is 1. The number of carbonyl (C=O) groups excluding carboxylic acids is 2. The largest absolute Gasteiger partial charge is 0.464 e. The van der Waals surface area contributed by atoms with Crippen LogP contribution in [0.4, 0.5) is 14.5 Å². The van der Waals surface area contributed by atoms with Gasteiger partial charge < -0.3 is 10.1 Å². The molecule has 9 heteroatoms. The summed E-state index contributed by atoms with van der Waals surface area (Å²) in [6, 6.07) is 6.07. The topological polar surface area (TPSA) is 84.1 Å². The Morgan fingerprint density at radius 3 is 2.64 bits per heavy atom. The van der Waals surface area contributed by atoms with Crippen LogP contribution in [0.5, 0.6) is 0 Å². The summed E-state index contributed by atoms with van der Waals surface area (Å²) in [6.07, 6.45) is 0. The number of H-pyrrole nitrogens is 1. The number of nitrogens with zero attached hydrogens (tertiary/aromatic N) is 1. The first kappa shape index (κ1) is 16.8. The molecule has 0 radical (unpaired) electrons. The average Bonchev–Trinajstić information content (AvgIpc) is 3.00. The summed E-state index contributed by atoms with van der Waals surface area (Å²) in [5.41, 5.74) is 0.703. The first-order valence-corrected chi connectivity index (χ1v) is 7.31. The number of aromatic nitrogens is 2. The maximum atomic E-state index is 13.3. The normalized spacial score (nSPS) is 10.7. The van der Waals surface area contributed by atoms with Crippen LogP contribution < -0.4 is 5.32 Å². The standard InChI is InChI=1S/C16H10ClF2N3O3/c1-25-16(24)14-9-4-7(2-3-13(9)21-22-14)20-15(23)8-5-11(18)12(19)6-10(8)17/h2-6H,1H3,(H,20,23)(H,21,22). The Balaban J connectivity index is 1.94. The first-order chi connectivity index (χ1) is 11.9. The highest BCUT2D eigenvalue weighted by Gasteiger charge is 2.17. The fraction of sp³-hybridized carbons (Fsp3) is 0.0625. The minimum Gasteiger partial charge on any atom is -0.464 e. The van der Waals surface area contributed by atoms with Crippen molar-refractivity contribution in [1.82, 2.24) is 10.2 Å². The third kappa shape index (κ3) is 3.16. The Morgan fingerprint density at radius 2 is 1.92 bits per heavy atom. The van der Waals surface area contributed by atoms with E-state index in [0.717, 1.165) is 6.07 Å². The molecule has 0 aliphatic carbocycles. The lowest BCUT2D eigenvalue weighted by molar-refractivity contribution is 0.0596. The summed E-state index contributed by atoms with van der Waals surface area (Å²) < 4.78 is 31.1. The summed E-state index contributed by atoms with van der Waals surface area (Å²) in [5.74, 6) is -3.71. The van der Waals surface area contributed by atoms with Crippen LogP contribution in [-0.4, -0.2) is 29.2 Å². The number of carbonyl (C=O) groups is 2. The van der Waals surface area contributed by atoms with Crippen molar-refractivity contribution >= 4 is 40.1 Å². The highest BCUT2D eigenvalue weighted by atomic mass is 35.5. The molecular weight excluding hydrogens is 356 g/mol. The molecule has 0 aliphatic rings. The summed E-state index contributed by atoms with van der Waals surface area (Å²) in [6.45, 7) is 0. The van der Waals surface area contributed by atoms with E-state index in [4.69, 9.17) is 11.6 Å². The molecule has 2 N–H and O–H groups in total. The number of halogens is 3. The quantitative estimate of drug-likeness (QED) is 0.549. The lowest BCUT2D eigenvalue weighted by Crippen LogP contribution is -2.13. The van der Waals surface area contributed by atoms with Gasteiger partial charge in [0, 0.05) is 11.1 Å². The minimum atomic E-state index is -1.19. The van der Waals surface area contributed by atoms with Gasteiger partial charge in [-0.25, -0.2) is 13.6 Å². The van der Waals surface area contributed by atoms with Gasteiger partial charge in [-0.15, -0.1) is 0 Å². The fourth-order valence-corrected chi connectivity index (χ4v) is 2.48. The molecule has 25 heavy (non-hydrogen) atoms. The monoisotopic (exact) mass is 365 g/mol. The van der Waals surface area contributed by atoms with E-state index in [-0.39, 0.29) is 16.3 Å². The molecule has 2 aromatic carbocycles. The first-order valence-electron chi connectivity index (χ1n) is 6.93.